The Hall–Kier alpha value is -1.07. The number of benzene rings is 1. The summed E-state index contributed by atoms with van der Waals surface area (Å²) >= 11 is -2.32. The van der Waals surface area contributed by atoms with Crippen LogP contribution in [0.15, 0.2) is 18.2 Å². The van der Waals surface area contributed by atoms with E-state index < -0.39 is 11.3 Å². The average molecular weight is 200 g/mol. The topological polar surface area (TPSA) is 61.4 Å². The van der Waals surface area contributed by atoms with Gasteiger partial charge in [-0.1, -0.05) is 6.07 Å². The van der Waals surface area contributed by atoms with Gasteiger partial charge in [0.05, 0.1) is 12.8 Å². The van der Waals surface area contributed by atoms with E-state index in [2.05, 4.69) is 4.72 Å². The van der Waals surface area contributed by atoms with Crippen LogP contribution < -0.4 is 9.46 Å². The first kappa shape index (κ1) is 10.0. The molecule has 0 heterocycles. The molecule has 13 heavy (non-hydrogen) atoms. The van der Waals surface area contributed by atoms with Crippen LogP contribution in [0.25, 0.3) is 0 Å². The lowest BCUT2D eigenvalue weighted by molar-refractivity contribution is 0.416. The predicted octanol–water partition coefficient (Wildman–Crippen LogP) is 1.21. The highest BCUT2D eigenvalue weighted by Crippen LogP contribution is 2.25. The second-order valence-corrected chi connectivity index (χ2v) is 3.21. The molecule has 1 atom stereocenters. The molecule has 72 valence electrons. The number of nitrogens with one attached hydrogen (secondary N) is 1. The highest BCUT2D eigenvalue weighted by molar-refractivity contribution is 7.80. The molecule has 1 unspecified atom stereocenters. The molecule has 0 aliphatic rings. The number of hydrogen-bond donors (Lipinski definition) is 1. The number of anilines is 1. The van der Waals surface area contributed by atoms with Crippen LogP contribution >= 0.6 is 0 Å². The van der Waals surface area contributed by atoms with Crippen molar-refractivity contribution >= 4 is 17.0 Å². The Morgan fingerprint density at radius 3 is 2.77 bits per heavy atom. The fourth-order valence-electron chi connectivity index (χ4n) is 0.973. The van der Waals surface area contributed by atoms with E-state index >= 15 is 0 Å². The molecule has 0 fully saturated rings. The zero-order chi connectivity index (χ0) is 9.84. The molecule has 0 radical (unpaired) electrons. The molecule has 0 aliphatic carbocycles. The summed E-state index contributed by atoms with van der Waals surface area (Å²) in [5.74, 6) is 0.518. The van der Waals surface area contributed by atoms with Gasteiger partial charge in [-0.25, -0.2) is 0 Å². The highest BCUT2D eigenvalue weighted by Gasteiger charge is 2.01. The number of ether oxygens (including phenoxy) is 1. The van der Waals surface area contributed by atoms with Crippen molar-refractivity contribution in [1.82, 2.24) is 0 Å². The van der Waals surface area contributed by atoms with Crippen LogP contribution in [-0.4, -0.2) is 15.9 Å². The first-order valence-electron chi connectivity index (χ1n) is 3.64. The van der Waals surface area contributed by atoms with Gasteiger partial charge in [0.1, 0.15) is 5.75 Å². The SMILES string of the molecule is COc1cc(C)ccc1NS(=O)[O-]. The minimum atomic E-state index is -2.32. The van der Waals surface area contributed by atoms with Gasteiger partial charge in [-0.3, -0.25) is 4.21 Å². The summed E-state index contributed by atoms with van der Waals surface area (Å²) in [5, 5.41) is 0. The molecule has 0 aliphatic heterocycles. The van der Waals surface area contributed by atoms with Crippen LogP contribution in [0.3, 0.4) is 0 Å². The normalized spacial score (nSPS) is 12.2. The van der Waals surface area contributed by atoms with E-state index in [9.17, 15) is 8.76 Å². The van der Waals surface area contributed by atoms with Crippen molar-refractivity contribution in [2.75, 3.05) is 11.8 Å². The molecule has 5 heteroatoms. The van der Waals surface area contributed by atoms with Gasteiger partial charge in [-0.15, -0.1) is 0 Å². The smallest absolute Gasteiger partial charge is 0.143 e. The molecule has 0 aromatic heterocycles. The third-order valence-corrected chi connectivity index (χ3v) is 1.94. The van der Waals surface area contributed by atoms with E-state index in [1.165, 1.54) is 7.11 Å². The van der Waals surface area contributed by atoms with Crippen molar-refractivity contribution in [3.8, 4) is 5.75 Å². The van der Waals surface area contributed by atoms with Crippen molar-refractivity contribution in [2.24, 2.45) is 0 Å². The summed E-state index contributed by atoms with van der Waals surface area (Å²) < 4.78 is 27.9. The zero-order valence-electron chi connectivity index (χ0n) is 7.37. The van der Waals surface area contributed by atoms with E-state index in [-0.39, 0.29) is 0 Å². The number of hydrogen-bond acceptors (Lipinski definition) is 3. The molecule has 1 rings (SSSR count). The van der Waals surface area contributed by atoms with Crippen LogP contribution in [0.1, 0.15) is 5.56 Å². The quantitative estimate of drug-likeness (QED) is 0.746. The summed E-state index contributed by atoms with van der Waals surface area (Å²) in [7, 11) is 1.49. The fourth-order valence-corrected chi connectivity index (χ4v) is 1.32. The maximum Gasteiger partial charge on any atom is 0.143 e. The molecule has 0 bridgehead atoms. The minimum Gasteiger partial charge on any atom is -0.755 e. The van der Waals surface area contributed by atoms with E-state index in [0.717, 1.165) is 5.56 Å². The Morgan fingerprint density at radius 2 is 2.23 bits per heavy atom. The largest absolute Gasteiger partial charge is 0.755 e. The number of aryl methyl sites for hydroxylation is 1. The van der Waals surface area contributed by atoms with Crippen LogP contribution in [0.2, 0.25) is 0 Å². The maximum absolute atomic E-state index is 10.4. The Morgan fingerprint density at radius 1 is 1.54 bits per heavy atom. The zero-order valence-corrected chi connectivity index (χ0v) is 8.18. The van der Waals surface area contributed by atoms with Gasteiger partial charge < -0.3 is 14.0 Å². The van der Waals surface area contributed by atoms with Crippen LogP contribution in [0.4, 0.5) is 5.69 Å². The lowest BCUT2D eigenvalue weighted by Gasteiger charge is -2.12. The number of rotatable bonds is 3. The second-order valence-electron chi connectivity index (χ2n) is 2.54. The van der Waals surface area contributed by atoms with Crippen molar-refractivity contribution in [3.05, 3.63) is 23.8 Å². The molecule has 0 amide bonds. The van der Waals surface area contributed by atoms with Crippen molar-refractivity contribution in [3.63, 3.8) is 0 Å². The van der Waals surface area contributed by atoms with Crippen LogP contribution in [-0.2, 0) is 11.3 Å². The van der Waals surface area contributed by atoms with Crippen molar-refractivity contribution in [2.45, 2.75) is 6.92 Å². The third kappa shape index (κ3) is 2.71. The Labute approximate surface area is 79.3 Å². The van der Waals surface area contributed by atoms with E-state index in [1.54, 1.807) is 18.2 Å². The monoisotopic (exact) mass is 200 g/mol. The summed E-state index contributed by atoms with van der Waals surface area (Å²) in [5.41, 5.74) is 1.46. The molecule has 1 aromatic rings. The molecule has 1 N–H and O–H groups in total. The Balaban J connectivity index is 2.99. The fraction of sp³-hybridized carbons (Fsp3) is 0.250. The Bertz CT molecular complexity index is 327. The lowest BCUT2D eigenvalue weighted by Crippen LogP contribution is -2.03. The van der Waals surface area contributed by atoms with Gasteiger partial charge in [0.25, 0.3) is 0 Å². The standard InChI is InChI=1S/C8H11NO3S/c1-6-3-4-7(9-13(10)11)8(5-6)12-2/h3-5,9H,1-2H3,(H,10,11)/p-1. The molecule has 0 saturated heterocycles. The Kier molecular flexibility index (Phi) is 3.27. The first-order valence-corrected chi connectivity index (χ1v) is 4.71. The van der Waals surface area contributed by atoms with Crippen LogP contribution in [0, 0.1) is 6.92 Å². The molecule has 1 aromatic carbocycles. The average Bonchev–Trinajstić information content (AvgIpc) is 2.07. The van der Waals surface area contributed by atoms with Gasteiger partial charge in [-0.05, 0) is 24.6 Å². The maximum atomic E-state index is 10.4. The molecular formula is C8H10NO3S-. The van der Waals surface area contributed by atoms with Crippen molar-refractivity contribution in [1.29, 1.82) is 0 Å². The second kappa shape index (κ2) is 4.25. The summed E-state index contributed by atoms with van der Waals surface area (Å²) in [6.07, 6.45) is 0. The summed E-state index contributed by atoms with van der Waals surface area (Å²) in [6.45, 7) is 1.90. The first-order chi connectivity index (χ1) is 6.13. The van der Waals surface area contributed by atoms with Gasteiger partial charge in [-0.2, -0.15) is 0 Å². The van der Waals surface area contributed by atoms with Crippen LogP contribution in [0.5, 0.6) is 5.75 Å². The van der Waals surface area contributed by atoms with Gasteiger partial charge in [0.2, 0.25) is 0 Å². The van der Waals surface area contributed by atoms with E-state index in [4.69, 9.17) is 4.74 Å². The van der Waals surface area contributed by atoms with E-state index in [1.807, 2.05) is 6.92 Å². The number of methoxy groups -OCH3 is 1. The third-order valence-electron chi connectivity index (χ3n) is 1.55. The van der Waals surface area contributed by atoms with Gasteiger partial charge in [0, 0.05) is 11.3 Å². The van der Waals surface area contributed by atoms with E-state index in [0.29, 0.717) is 11.4 Å². The van der Waals surface area contributed by atoms with Crippen molar-refractivity contribution < 1.29 is 13.5 Å². The molecule has 4 nitrogen and oxygen atoms in total. The summed E-state index contributed by atoms with van der Waals surface area (Å²) in [4.78, 5) is 0. The lowest BCUT2D eigenvalue weighted by atomic mass is 10.2. The van der Waals surface area contributed by atoms with Gasteiger partial charge >= 0.3 is 0 Å². The highest BCUT2D eigenvalue weighted by atomic mass is 32.2. The molecule has 0 spiro atoms. The minimum absolute atomic E-state index is 0.446. The predicted molar refractivity (Wildman–Crippen MR) is 50.3 cm³/mol. The molecular weight excluding hydrogens is 190 g/mol. The summed E-state index contributed by atoms with van der Waals surface area (Å²) in [6, 6.07) is 5.22. The van der Waals surface area contributed by atoms with Gasteiger partial charge in [0.15, 0.2) is 0 Å². The molecule has 0 saturated carbocycles.